The molecule has 0 fully saturated rings. The zero-order chi connectivity index (χ0) is 21.5. The van der Waals surface area contributed by atoms with Gasteiger partial charge in [-0.2, -0.15) is 0 Å². The first kappa shape index (κ1) is 22.5. The fraction of sp³-hybridized carbons (Fsp3) is 0.478. The monoisotopic (exact) mass is 429 g/mol. The first-order chi connectivity index (χ1) is 14.5. The fourth-order valence-corrected chi connectivity index (χ4v) is 5.21. The van der Waals surface area contributed by atoms with Crippen molar-refractivity contribution in [1.29, 1.82) is 0 Å². The van der Waals surface area contributed by atoms with E-state index in [0.29, 0.717) is 17.1 Å². The number of nitrogens with zero attached hydrogens (tertiary/aromatic N) is 1. The van der Waals surface area contributed by atoms with Crippen molar-refractivity contribution in [2.75, 3.05) is 39.6 Å². The van der Waals surface area contributed by atoms with Crippen molar-refractivity contribution in [1.82, 2.24) is 10.2 Å². The number of rotatable bonds is 8. The van der Waals surface area contributed by atoms with E-state index >= 15 is 0 Å². The fourth-order valence-electron chi connectivity index (χ4n) is 3.92. The summed E-state index contributed by atoms with van der Waals surface area (Å²) in [5, 5.41) is 6.82. The van der Waals surface area contributed by atoms with Gasteiger partial charge in [0.2, 0.25) is 5.91 Å². The van der Waals surface area contributed by atoms with Crippen molar-refractivity contribution in [2.24, 2.45) is 0 Å². The van der Waals surface area contributed by atoms with Gasteiger partial charge in [-0.15, -0.1) is 11.3 Å². The summed E-state index contributed by atoms with van der Waals surface area (Å²) in [6, 6.07) is 10.4. The minimum absolute atomic E-state index is 0.151. The number of amides is 1. The second kappa shape index (κ2) is 10.7. The smallest absolute Gasteiger partial charge is 0.341 e. The summed E-state index contributed by atoms with van der Waals surface area (Å²) in [7, 11) is 5.45. The Morgan fingerprint density at radius 3 is 2.57 bits per heavy atom. The number of carbonyl (C=O) groups excluding carboxylic acids is 2. The highest BCUT2D eigenvalue weighted by molar-refractivity contribution is 7.17. The molecule has 1 aromatic carbocycles. The Morgan fingerprint density at radius 2 is 1.87 bits per heavy atom. The molecule has 1 aliphatic carbocycles. The van der Waals surface area contributed by atoms with Gasteiger partial charge < -0.3 is 20.3 Å². The molecule has 1 aliphatic rings. The summed E-state index contributed by atoms with van der Waals surface area (Å²) in [5.74, 6) is -0.517. The predicted octanol–water partition coefficient (Wildman–Crippen LogP) is 3.63. The lowest BCUT2D eigenvalue weighted by atomic mass is 10.1. The van der Waals surface area contributed by atoms with E-state index in [0.717, 1.165) is 31.2 Å². The Balaban J connectivity index is 1.64. The molecule has 0 radical (unpaired) electrons. The largest absolute Gasteiger partial charge is 0.465 e. The molecule has 6 nitrogen and oxygen atoms in total. The summed E-state index contributed by atoms with van der Waals surface area (Å²) in [6.45, 7) is 0.829. The molecule has 1 unspecified atom stereocenters. The Morgan fingerprint density at radius 1 is 1.13 bits per heavy atom. The maximum absolute atomic E-state index is 12.6. The first-order valence-electron chi connectivity index (χ1n) is 10.5. The van der Waals surface area contributed by atoms with Gasteiger partial charge in [0.15, 0.2) is 0 Å². The number of benzene rings is 1. The van der Waals surface area contributed by atoms with Crippen LogP contribution in [0.1, 0.15) is 51.7 Å². The van der Waals surface area contributed by atoms with Crippen LogP contribution in [0.25, 0.3) is 0 Å². The SMILES string of the molecule is COC(=O)c1c(NC(=O)CNCC(c2ccccc2)N(C)C)sc2c1CCCCC2. The summed E-state index contributed by atoms with van der Waals surface area (Å²) in [4.78, 5) is 28.4. The highest BCUT2D eigenvalue weighted by Gasteiger charge is 2.26. The van der Waals surface area contributed by atoms with E-state index < -0.39 is 0 Å². The molecule has 0 saturated heterocycles. The number of carbonyl (C=O) groups is 2. The molecule has 0 spiro atoms. The minimum Gasteiger partial charge on any atom is -0.465 e. The zero-order valence-corrected chi connectivity index (χ0v) is 18.8. The Kier molecular flexibility index (Phi) is 8.01. The van der Waals surface area contributed by atoms with Crippen LogP contribution in [-0.2, 0) is 22.4 Å². The third-order valence-electron chi connectivity index (χ3n) is 5.49. The molecule has 1 amide bonds. The molecule has 1 aromatic heterocycles. The van der Waals surface area contributed by atoms with Crippen LogP contribution in [0.4, 0.5) is 5.00 Å². The lowest BCUT2D eigenvalue weighted by Crippen LogP contribution is -2.35. The highest BCUT2D eigenvalue weighted by atomic mass is 32.1. The second-order valence-corrected chi connectivity index (χ2v) is 8.93. The van der Waals surface area contributed by atoms with Crippen LogP contribution in [0, 0.1) is 0 Å². The van der Waals surface area contributed by atoms with Crippen molar-refractivity contribution in [3.05, 3.63) is 51.9 Å². The molecular weight excluding hydrogens is 398 g/mol. The molecule has 1 heterocycles. The number of thiophene rings is 1. The van der Waals surface area contributed by atoms with Crippen molar-refractivity contribution >= 4 is 28.2 Å². The zero-order valence-electron chi connectivity index (χ0n) is 18.0. The molecule has 7 heteroatoms. The molecule has 3 rings (SSSR count). The molecule has 0 saturated carbocycles. The summed E-state index contributed by atoms with van der Waals surface area (Å²) < 4.78 is 5.01. The third-order valence-corrected chi connectivity index (χ3v) is 6.70. The van der Waals surface area contributed by atoms with Crippen LogP contribution in [0.3, 0.4) is 0 Å². The number of nitrogens with one attached hydrogen (secondary N) is 2. The van der Waals surface area contributed by atoms with Crippen LogP contribution in [0.15, 0.2) is 30.3 Å². The van der Waals surface area contributed by atoms with Crippen LogP contribution in [0.5, 0.6) is 0 Å². The van der Waals surface area contributed by atoms with Gasteiger partial charge in [-0.1, -0.05) is 36.8 Å². The predicted molar refractivity (Wildman–Crippen MR) is 121 cm³/mol. The number of hydrogen-bond acceptors (Lipinski definition) is 6. The van der Waals surface area contributed by atoms with Crippen LogP contribution in [-0.4, -0.2) is 51.1 Å². The average Bonchev–Trinajstić information content (AvgIpc) is 2.91. The summed E-state index contributed by atoms with van der Waals surface area (Å²) >= 11 is 1.52. The van der Waals surface area contributed by atoms with E-state index in [2.05, 4.69) is 27.7 Å². The molecule has 0 aliphatic heterocycles. The van der Waals surface area contributed by atoms with Crippen molar-refractivity contribution < 1.29 is 14.3 Å². The maximum atomic E-state index is 12.6. The molecule has 2 aromatic rings. The van der Waals surface area contributed by atoms with E-state index in [4.69, 9.17) is 4.74 Å². The Hall–Kier alpha value is -2.22. The number of likely N-dealkylation sites (N-methyl/N-ethyl adjacent to an activating group) is 1. The van der Waals surface area contributed by atoms with Crippen LogP contribution >= 0.6 is 11.3 Å². The lowest BCUT2D eigenvalue weighted by molar-refractivity contribution is -0.115. The molecule has 162 valence electrons. The van der Waals surface area contributed by atoms with E-state index in [9.17, 15) is 9.59 Å². The molecule has 1 atom stereocenters. The van der Waals surface area contributed by atoms with Gasteiger partial charge in [-0.05, 0) is 50.9 Å². The van der Waals surface area contributed by atoms with Crippen LogP contribution in [0.2, 0.25) is 0 Å². The molecule has 30 heavy (non-hydrogen) atoms. The average molecular weight is 430 g/mol. The summed E-state index contributed by atoms with van der Waals surface area (Å²) in [5.41, 5.74) is 2.80. The number of anilines is 1. The maximum Gasteiger partial charge on any atom is 0.341 e. The number of ether oxygens (including phenoxy) is 1. The first-order valence-corrected chi connectivity index (χ1v) is 11.3. The van der Waals surface area contributed by atoms with Gasteiger partial charge in [0.1, 0.15) is 5.00 Å². The van der Waals surface area contributed by atoms with Crippen LogP contribution < -0.4 is 10.6 Å². The van der Waals surface area contributed by atoms with Gasteiger partial charge in [0, 0.05) is 17.5 Å². The molecule has 0 bridgehead atoms. The lowest BCUT2D eigenvalue weighted by Gasteiger charge is -2.25. The van der Waals surface area contributed by atoms with Gasteiger partial charge in [-0.25, -0.2) is 4.79 Å². The van der Waals surface area contributed by atoms with E-state index in [1.165, 1.54) is 35.3 Å². The van der Waals surface area contributed by atoms with E-state index in [1.54, 1.807) is 0 Å². The van der Waals surface area contributed by atoms with Crippen molar-refractivity contribution in [3.63, 3.8) is 0 Å². The number of methoxy groups -OCH3 is 1. The quantitative estimate of drug-likeness (QED) is 0.495. The van der Waals surface area contributed by atoms with Gasteiger partial charge in [0.25, 0.3) is 0 Å². The molecule has 2 N–H and O–H groups in total. The van der Waals surface area contributed by atoms with Crippen molar-refractivity contribution in [3.8, 4) is 0 Å². The topological polar surface area (TPSA) is 70.7 Å². The number of hydrogen-bond donors (Lipinski definition) is 2. The Bertz CT molecular complexity index is 864. The summed E-state index contributed by atoms with van der Waals surface area (Å²) in [6.07, 6.45) is 5.18. The van der Waals surface area contributed by atoms with E-state index in [1.807, 2.05) is 32.3 Å². The standard InChI is InChI=1S/C23H31N3O3S/c1-26(2)18(16-10-6-4-7-11-16)14-24-15-20(27)25-22-21(23(28)29-3)17-12-8-5-9-13-19(17)30-22/h4,6-7,10-11,18,24H,5,8-9,12-15H2,1-3H3,(H,25,27). The van der Waals surface area contributed by atoms with Gasteiger partial charge in [0.05, 0.1) is 19.2 Å². The number of aryl methyl sites for hydroxylation is 1. The van der Waals surface area contributed by atoms with Gasteiger partial charge >= 0.3 is 5.97 Å². The minimum atomic E-state index is -0.366. The van der Waals surface area contributed by atoms with Crippen molar-refractivity contribution in [2.45, 2.75) is 38.1 Å². The van der Waals surface area contributed by atoms with Gasteiger partial charge in [-0.3, -0.25) is 4.79 Å². The second-order valence-electron chi connectivity index (χ2n) is 7.83. The molecular formula is C23H31N3O3S. The Labute approximate surface area is 182 Å². The highest BCUT2D eigenvalue weighted by Crippen LogP contribution is 2.37. The number of fused-ring (bicyclic) bond motifs is 1. The third kappa shape index (κ3) is 5.47. The number of esters is 1. The van der Waals surface area contributed by atoms with E-state index in [-0.39, 0.29) is 24.5 Å². The normalized spacial score (nSPS) is 14.7.